The van der Waals surface area contributed by atoms with Crippen LogP contribution in [0.3, 0.4) is 0 Å². The third-order valence-corrected chi connectivity index (χ3v) is 5.57. The van der Waals surface area contributed by atoms with Gasteiger partial charge >= 0.3 is 0 Å². The molecule has 1 aliphatic rings. The van der Waals surface area contributed by atoms with Crippen LogP contribution in [0.25, 0.3) is 0 Å². The van der Waals surface area contributed by atoms with Gasteiger partial charge in [0.25, 0.3) is 5.91 Å². The van der Waals surface area contributed by atoms with Gasteiger partial charge in [-0.15, -0.1) is 5.10 Å². The first-order chi connectivity index (χ1) is 15.0. The lowest BCUT2D eigenvalue weighted by atomic mass is 10.0. The summed E-state index contributed by atoms with van der Waals surface area (Å²) in [6, 6.07) is 9.84. The fraction of sp³-hybridized carbons (Fsp3) is 0.455. The zero-order valence-corrected chi connectivity index (χ0v) is 17.8. The van der Waals surface area contributed by atoms with Crippen molar-refractivity contribution in [1.82, 2.24) is 30.0 Å². The molecule has 0 bridgehead atoms. The molecular formula is C22H27FN6O2. The Morgan fingerprint density at radius 3 is 2.52 bits per heavy atom. The number of rotatable bonds is 7. The van der Waals surface area contributed by atoms with Gasteiger partial charge in [-0.3, -0.25) is 9.69 Å². The number of tetrazole rings is 1. The van der Waals surface area contributed by atoms with E-state index in [0.29, 0.717) is 31.3 Å². The SMILES string of the molecule is CC(C)C[C@@H](c1nnnn1Cc1ccc(F)cc1)N1CCN(C(=O)c2ccco2)CC1. The fourth-order valence-electron chi connectivity index (χ4n) is 3.98. The van der Waals surface area contributed by atoms with Crippen LogP contribution in [-0.2, 0) is 6.54 Å². The molecule has 9 heteroatoms. The molecule has 3 aromatic rings. The summed E-state index contributed by atoms with van der Waals surface area (Å²) in [6.07, 6.45) is 2.42. The molecule has 1 atom stereocenters. The second kappa shape index (κ2) is 9.38. The van der Waals surface area contributed by atoms with Gasteiger partial charge in [-0.2, -0.15) is 0 Å². The molecule has 4 rings (SSSR count). The van der Waals surface area contributed by atoms with Crippen LogP contribution in [0.1, 0.15) is 48.3 Å². The van der Waals surface area contributed by atoms with Crippen LogP contribution < -0.4 is 0 Å². The van der Waals surface area contributed by atoms with E-state index in [0.717, 1.165) is 30.9 Å². The number of benzene rings is 1. The highest BCUT2D eigenvalue weighted by Gasteiger charge is 2.31. The minimum absolute atomic E-state index is 0.0383. The average molecular weight is 426 g/mol. The predicted molar refractivity (Wildman–Crippen MR) is 112 cm³/mol. The lowest BCUT2D eigenvalue weighted by Crippen LogP contribution is -2.50. The number of aromatic nitrogens is 4. The maximum absolute atomic E-state index is 13.2. The summed E-state index contributed by atoms with van der Waals surface area (Å²) in [7, 11) is 0. The average Bonchev–Trinajstić information content (AvgIpc) is 3.46. The summed E-state index contributed by atoms with van der Waals surface area (Å²) in [5, 5.41) is 12.5. The number of carbonyl (C=O) groups excluding carboxylic acids is 1. The number of amides is 1. The summed E-state index contributed by atoms with van der Waals surface area (Å²) in [4.78, 5) is 16.7. The van der Waals surface area contributed by atoms with Crippen LogP contribution in [0.15, 0.2) is 47.1 Å². The Labute approximate surface area is 180 Å². The highest BCUT2D eigenvalue weighted by molar-refractivity contribution is 5.91. The number of nitrogens with zero attached hydrogens (tertiary/aromatic N) is 6. The van der Waals surface area contributed by atoms with E-state index in [1.165, 1.54) is 18.4 Å². The second-order valence-electron chi connectivity index (χ2n) is 8.27. The zero-order chi connectivity index (χ0) is 21.8. The monoisotopic (exact) mass is 426 g/mol. The highest BCUT2D eigenvalue weighted by atomic mass is 19.1. The van der Waals surface area contributed by atoms with Crippen LogP contribution in [0, 0.1) is 11.7 Å². The minimum atomic E-state index is -0.264. The Bertz CT molecular complexity index is 978. The van der Waals surface area contributed by atoms with Crippen LogP contribution >= 0.6 is 0 Å². The minimum Gasteiger partial charge on any atom is -0.459 e. The molecule has 0 spiro atoms. The first kappa shape index (κ1) is 21.2. The molecule has 0 unspecified atom stereocenters. The normalized spacial score (nSPS) is 16.1. The van der Waals surface area contributed by atoms with E-state index in [2.05, 4.69) is 34.3 Å². The van der Waals surface area contributed by atoms with Gasteiger partial charge in [0, 0.05) is 26.2 Å². The standard InChI is InChI=1S/C22H27FN6O2/c1-16(2)14-19(21-24-25-26-29(21)15-17-5-7-18(23)8-6-17)27-9-11-28(12-10-27)22(30)20-4-3-13-31-20/h3-8,13,16,19H,9-12,14-15H2,1-2H3/t19-/m0/s1. The van der Waals surface area contributed by atoms with E-state index in [9.17, 15) is 9.18 Å². The Morgan fingerprint density at radius 1 is 1.13 bits per heavy atom. The van der Waals surface area contributed by atoms with Gasteiger partial charge in [0.05, 0.1) is 18.8 Å². The van der Waals surface area contributed by atoms with Crippen molar-refractivity contribution in [2.75, 3.05) is 26.2 Å². The Balaban J connectivity index is 1.48. The summed E-state index contributed by atoms with van der Waals surface area (Å²) < 4.78 is 20.3. The molecule has 1 fully saturated rings. The van der Waals surface area contributed by atoms with Crippen LogP contribution in [0.4, 0.5) is 4.39 Å². The number of hydrogen-bond acceptors (Lipinski definition) is 6. The van der Waals surface area contributed by atoms with Crippen molar-refractivity contribution in [3.63, 3.8) is 0 Å². The molecule has 1 saturated heterocycles. The molecule has 2 aromatic heterocycles. The zero-order valence-electron chi connectivity index (χ0n) is 17.8. The third-order valence-electron chi connectivity index (χ3n) is 5.57. The first-order valence-corrected chi connectivity index (χ1v) is 10.6. The van der Waals surface area contributed by atoms with E-state index in [4.69, 9.17) is 4.42 Å². The summed E-state index contributed by atoms with van der Waals surface area (Å²) in [5.41, 5.74) is 0.937. The van der Waals surface area contributed by atoms with Gasteiger partial charge in [0.2, 0.25) is 0 Å². The van der Waals surface area contributed by atoms with Crippen LogP contribution in [0.5, 0.6) is 0 Å². The van der Waals surface area contributed by atoms with Crippen LogP contribution in [-0.4, -0.2) is 62.1 Å². The van der Waals surface area contributed by atoms with E-state index >= 15 is 0 Å². The van der Waals surface area contributed by atoms with Crippen molar-refractivity contribution in [3.05, 3.63) is 65.6 Å². The maximum Gasteiger partial charge on any atom is 0.289 e. The molecular weight excluding hydrogens is 399 g/mol. The number of carbonyl (C=O) groups is 1. The summed E-state index contributed by atoms with van der Waals surface area (Å²) in [6.45, 7) is 7.53. The number of piperazine rings is 1. The van der Waals surface area contributed by atoms with Crippen molar-refractivity contribution in [2.24, 2.45) is 5.92 Å². The van der Waals surface area contributed by atoms with Crippen molar-refractivity contribution in [1.29, 1.82) is 0 Å². The van der Waals surface area contributed by atoms with E-state index in [1.54, 1.807) is 28.9 Å². The van der Waals surface area contributed by atoms with Gasteiger partial charge in [-0.25, -0.2) is 9.07 Å². The summed E-state index contributed by atoms with van der Waals surface area (Å²) in [5.74, 6) is 1.27. The van der Waals surface area contributed by atoms with Crippen molar-refractivity contribution in [3.8, 4) is 0 Å². The van der Waals surface area contributed by atoms with Gasteiger partial charge in [0.15, 0.2) is 11.6 Å². The molecule has 1 aromatic carbocycles. The second-order valence-corrected chi connectivity index (χ2v) is 8.27. The third kappa shape index (κ3) is 4.99. The van der Waals surface area contributed by atoms with Crippen LogP contribution in [0.2, 0.25) is 0 Å². The van der Waals surface area contributed by atoms with Gasteiger partial charge in [0.1, 0.15) is 5.82 Å². The Kier molecular flexibility index (Phi) is 6.41. The highest BCUT2D eigenvalue weighted by Crippen LogP contribution is 2.28. The molecule has 164 valence electrons. The van der Waals surface area contributed by atoms with Crippen molar-refractivity contribution in [2.45, 2.75) is 32.9 Å². The molecule has 1 amide bonds. The maximum atomic E-state index is 13.2. The van der Waals surface area contributed by atoms with Crippen molar-refractivity contribution >= 4 is 5.91 Å². The lowest BCUT2D eigenvalue weighted by molar-refractivity contribution is 0.0500. The molecule has 0 saturated carbocycles. The van der Waals surface area contributed by atoms with Crippen molar-refractivity contribution < 1.29 is 13.6 Å². The molecule has 1 aliphatic heterocycles. The van der Waals surface area contributed by atoms with E-state index in [1.807, 2.05) is 4.90 Å². The number of hydrogen-bond donors (Lipinski definition) is 0. The van der Waals surface area contributed by atoms with E-state index < -0.39 is 0 Å². The smallest absolute Gasteiger partial charge is 0.289 e. The van der Waals surface area contributed by atoms with Gasteiger partial charge < -0.3 is 9.32 Å². The Morgan fingerprint density at radius 2 is 1.87 bits per heavy atom. The number of furan rings is 1. The quantitative estimate of drug-likeness (QED) is 0.578. The lowest BCUT2D eigenvalue weighted by Gasteiger charge is -2.39. The molecule has 0 aliphatic carbocycles. The predicted octanol–water partition coefficient (Wildman–Crippen LogP) is 3.00. The molecule has 0 N–H and O–H groups in total. The van der Waals surface area contributed by atoms with Gasteiger partial charge in [-0.05, 0) is 52.6 Å². The topological polar surface area (TPSA) is 80.3 Å². The molecule has 0 radical (unpaired) electrons. The largest absolute Gasteiger partial charge is 0.459 e. The summed E-state index contributed by atoms with van der Waals surface area (Å²) >= 11 is 0. The number of halogens is 1. The first-order valence-electron chi connectivity index (χ1n) is 10.6. The fourth-order valence-corrected chi connectivity index (χ4v) is 3.98. The van der Waals surface area contributed by atoms with E-state index in [-0.39, 0.29) is 17.8 Å². The van der Waals surface area contributed by atoms with Gasteiger partial charge in [-0.1, -0.05) is 26.0 Å². The Hall–Kier alpha value is -3.07. The molecule has 8 nitrogen and oxygen atoms in total. The molecule has 31 heavy (non-hydrogen) atoms. The molecule has 3 heterocycles.